The van der Waals surface area contributed by atoms with Crippen molar-refractivity contribution in [2.45, 2.75) is 6.42 Å². The smallest absolute Gasteiger partial charge is 0.226 e. The highest BCUT2D eigenvalue weighted by molar-refractivity contribution is 6.30. The molecule has 14 heavy (non-hydrogen) atoms. The fourth-order valence-corrected chi connectivity index (χ4v) is 1.27. The Kier molecular flexibility index (Phi) is 2.55. The molecule has 1 aromatic heterocycles. The van der Waals surface area contributed by atoms with Crippen molar-refractivity contribution in [1.82, 2.24) is 4.98 Å². The minimum atomic E-state index is 0.611. The zero-order chi connectivity index (χ0) is 9.97. The molecular weight excluding hydrogens is 198 g/mol. The lowest BCUT2D eigenvalue weighted by molar-refractivity contribution is 0.573. The predicted molar refractivity (Wildman–Crippen MR) is 56.0 cm³/mol. The summed E-state index contributed by atoms with van der Waals surface area (Å²) in [6, 6.07) is 7.37. The van der Waals surface area contributed by atoms with Crippen molar-refractivity contribution >= 4 is 11.6 Å². The minimum Gasteiger partial charge on any atom is -0.444 e. The first-order valence-electron chi connectivity index (χ1n) is 4.29. The van der Waals surface area contributed by atoms with Gasteiger partial charge in [0.1, 0.15) is 6.26 Å². The molecule has 0 spiro atoms. The van der Waals surface area contributed by atoms with Crippen LogP contribution in [0.5, 0.6) is 0 Å². The maximum Gasteiger partial charge on any atom is 0.226 e. The molecule has 0 atom stereocenters. The standard InChI is InChI=1S/C11H9ClNO/c1-2-10-7-14-11(13-10)8-3-5-9(12)6-4-8/h3-7H,1-2H2. The van der Waals surface area contributed by atoms with Crippen LogP contribution in [-0.2, 0) is 6.42 Å². The quantitative estimate of drug-likeness (QED) is 0.753. The Labute approximate surface area is 87.5 Å². The molecule has 0 N–H and O–H groups in total. The van der Waals surface area contributed by atoms with Crippen LogP contribution in [0.2, 0.25) is 5.02 Å². The highest BCUT2D eigenvalue weighted by Gasteiger charge is 2.04. The molecule has 3 heteroatoms. The van der Waals surface area contributed by atoms with Crippen LogP contribution in [0.4, 0.5) is 0 Å². The zero-order valence-corrected chi connectivity index (χ0v) is 8.29. The first-order valence-corrected chi connectivity index (χ1v) is 4.67. The summed E-state index contributed by atoms with van der Waals surface area (Å²) in [5.74, 6) is 0.611. The summed E-state index contributed by atoms with van der Waals surface area (Å²) in [7, 11) is 0. The number of benzene rings is 1. The summed E-state index contributed by atoms with van der Waals surface area (Å²) < 4.78 is 5.29. The number of oxazole rings is 1. The predicted octanol–water partition coefficient (Wildman–Crippen LogP) is 3.37. The second-order valence-corrected chi connectivity index (χ2v) is 3.34. The largest absolute Gasteiger partial charge is 0.444 e. The van der Waals surface area contributed by atoms with Crippen LogP contribution < -0.4 is 0 Å². The molecule has 1 aromatic carbocycles. The van der Waals surface area contributed by atoms with Crippen molar-refractivity contribution in [2.75, 3.05) is 0 Å². The minimum absolute atomic E-state index is 0.611. The highest BCUT2D eigenvalue weighted by atomic mass is 35.5. The van der Waals surface area contributed by atoms with Crippen LogP contribution in [-0.4, -0.2) is 4.98 Å². The lowest BCUT2D eigenvalue weighted by atomic mass is 10.2. The normalized spacial score (nSPS) is 10.4. The molecule has 2 rings (SSSR count). The molecule has 0 bridgehead atoms. The first-order chi connectivity index (χ1) is 6.79. The molecular formula is C11H9ClNO. The SMILES string of the molecule is [CH2]Cc1coc(-c2ccc(Cl)cc2)n1. The summed E-state index contributed by atoms with van der Waals surface area (Å²) in [5.41, 5.74) is 1.78. The number of hydrogen-bond donors (Lipinski definition) is 0. The van der Waals surface area contributed by atoms with E-state index < -0.39 is 0 Å². The van der Waals surface area contributed by atoms with Gasteiger partial charge in [0, 0.05) is 10.6 Å². The van der Waals surface area contributed by atoms with Gasteiger partial charge in [0.2, 0.25) is 5.89 Å². The lowest BCUT2D eigenvalue weighted by Gasteiger charge is -1.94. The van der Waals surface area contributed by atoms with Gasteiger partial charge in [0.05, 0.1) is 5.69 Å². The Bertz CT molecular complexity index is 419. The Morgan fingerprint density at radius 1 is 1.29 bits per heavy atom. The molecule has 0 aliphatic carbocycles. The first kappa shape index (κ1) is 9.28. The number of hydrogen-bond acceptors (Lipinski definition) is 2. The molecule has 0 fully saturated rings. The topological polar surface area (TPSA) is 26.0 Å². The van der Waals surface area contributed by atoms with Gasteiger partial charge in [-0.1, -0.05) is 11.6 Å². The summed E-state index contributed by atoms with van der Waals surface area (Å²) in [5, 5.41) is 0.706. The van der Waals surface area contributed by atoms with Crippen molar-refractivity contribution in [3.63, 3.8) is 0 Å². The van der Waals surface area contributed by atoms with Gasteiger partial charge in [-0.05, 0) is 37.6 Å². The summed E-state index contributed by atoms with van der Waals surface area (Å²) in [4.78, 5) is 4.26. The van der Waals surface area contributed by atoms with E-state index in [0.717, 1.165) is 11.3 Å². The third kappa shape index (κ3) is 1.80. The number of halogens is 1. The summed E-state index contributed by atoms with van der Waals surface area (Å²) in [6.45, 7) is 3.73. The van der Waals surface area contributed by atoms with E-state index in [2.05, 4.69) is 11.9 Å². The van der Waals surface area contributed by atoms with Gasteiger partial charge in [-0.2, -0.15) is 0 Å². The van der Waals surface area contributed by atoms with Crippen molar-refractivity contribution in [1.29, 1.82) is 0 Å². The second kappa shape index (κ2) is 3.84. The van der Waals surface area contributed by atoms with Gasteiger partial charge in [0.25, 0.3) is 0 Å². The van der Waals surface area contributed by atoms with E-state index >= 15 is 0 Å². The van der Waals surface area contributed by atoms with E-state index in [1.54, 1.807) is 6.26 Å². The van der Waals surface area contributed by atoms with Crippen LogP contribution >= 0.6 is 11.6 Å². The van der Waals surface area contributed by atoms with Gasteiger partial charge >= 0.3 is 0 Å². The van der Waals surface area contributed by atoms with Crippen LogP contribution in [0, 0.1) is 6.92 Å². The van der Waals surface area contributed by atoms with Crippen molar-refractivity contribution in [3.05, 3.63) is 48.2 Å². The fraction of sp³-hybridized carbons (Fsp3) is 0.0909. The van der Waals surface area contributed by atoms with Gasteiger partial charge in [-0.3, -0.25) is 0 Å². The second-order valence-electron chi connectivity index (χ2n) is 2.90. The highest BCUT2D eigenvalue weighted by Crippen LogP contribution is 2.20. The number of nitrogens with zero attached hydrogens (tertiary/aromatic N) is 1. The molecule has 0 aliphatic rings. The average molecular weight is 207 g/mol. The Morgan fingerprint density at radius 3 is 2.57 bits per heavy atom. The van der Waals surface area contributed by atoms with Crippen LogP contribution in [0.25, 0.3) is 11.5 Å². The maximum absolute atomic E-state index is 5.77. The monoisotopic (exact) mass is 206 g/mol. The number of aromatic nitrogens is 1. The molecule has 0 aliphatic heterocycles. The van der Waals surface area contributed by atoms with E-state index in [0.29, 0.717) is 17.3 Å². The maximum atomic E-state index is 5.77. The van der Waals surface area contributed by atoms with E-state index in [-0.39, 0.29) is 0 Å². The molecule has 0 saturated heterocycles. The van der Waals surface area contributed by atoms with Crippen LogP contribution in [0.1, 0.15) is 5.69 Å². The van der Waals surface area contributed by atoms with E-state index in [4.69, 9.17) is 16.0 Å². The van der Waals surface area contributed by atoms with Gasteiger partial charge in [-0.25, -0.2) is 4.98 Å². The number of rotatable bonds is 2. The fourth-order valence-electron chi connectivity index (χ4n) is 1.15. The van der Waals surface area contributed by atoms with Crippen molar-refractivity contribution in [3.8, 4) is 11.5 Å². The molecule has 0 unspecified atom stereocenters. The molecule has 2 nitrogen and oxygen atoms in total. The van der Waals surface area contributed by atoms with Crippen molar-refractivity contribution < 1.29 is 4.42 Å². The average Bonchev–Trinajstić information content (AvgIpc) is 2.67. The Hall–Kier alpha value is -1.28. The molecule has 1 heterocycles. The van der Waals surface area contributed by atoms with E-state index in [1.165, 1.54) is 0 Å². The Balaban J connectivity index is 2.34. The van der Waals surface area contributed by atoms with E-state index in [9.17, 15) is 0 Å². The third-order valence-electron chi connectivity index (χ3n) is 1.90. The molecule has 2 aromatic rings. The third-order valence-corrected chi connectivity index (χ3v) is 2.15. The van der Waals surface area contributed by atoms with Gasteiger partial charge in [0.15, 0.2) is 0 Å². The molecule has 1 radical (unpaired) electrons. The van der Waals surface area contributed by atoms with Gasteiger partial charge in [-0.15, -0.1) is 0 Å². The van der Waals surface area contributed by atoms with Crippen LogP contribution in [0.3, 0.4) is 0 Å². The molecule has 71 valence electrons. The zero-order valence-electron chi connectivity index (χ0n) is 7.53. The molecule has 0 saturated carbocycles. The summed E-state index contributed by atoms with van der Waals surface area (Å²) in [6.07, 6.45) is 2.26. The lowest BCUT2D eigenvalue weighted by Crippen LogP contribution is -1.80. The van der Waals surface area contributed by atoms with Crippen LogP contribution in [0.15, 0.2) is 34.9 Å². The van der Waals surface area contributed by atoms with Gasteiger partial charge < -0.3 is 4.42 Å². The summed E-state index contributed by atoms with van der Waals surface area (Å²) >= 11 is 5.77. The van der Waals surface area contributed by atoms with E-state index in [1.807, 2.05) is 24.3 Å². The van der Waals surface area contributed by atoms with Crippen molar-refractivity contribution in [2.24, 2.45) is 0 Å². The molecule has 0 amide bonds. The Morgan fingerprint density at radius 2 is 2.00 bits per heavy atom.